The molecule has 0 aliphatic carbocycles. The number of carbonyl (C=O) groups excluding carboxylic acids is 2. The molecular formula is C14H18N5O2. The van der Waals surface area contributed by atoms with Crippen molar-refractivity contribution in [3.8, 4) is 6.07 Å². The first-order chi connectivity index (χ1) is 9.87. The van der Waals surface area contributed by atoms with Crippen molar-refractivity contribution in [3.05, 3.63) is 18.2 Å². The van der Waals surface area contributed by atoms with Crippen LogP contribution >= 0.6 is 0 Å². The first-order valence-electron chi connectivity index (χ1n) is 6.82. The third kappa shape index (κ3) is 2.75. The van der Waals surface area contributed by atoms with Gasteiger partial charge in [-0.05, 0) is 26.7 Å². The minimum absolute atomic E-state index is 0.00203. The van der Waals surface area contributed by atoms with Gasteiger partial charge >= 0.3 is 0 Å². The number of hydrogen-bond acceptors (Lipinski definition) is 4. The number of nitrogens with zero attached hydrogens (tertiary/aromatic N) is 4. The van der Waals surface area contributed by atoms with Gasteiger partial charge in [0.15, 0.2) is 5.82 Å². The molecule has 1 aliphatic rings. The fourth-order valence-electron chi connectivity index (χ4n) is 2.62. The van der Waals surface area contributed by atoms with Gasteiger partial charge in [0.2, 0.25) is 5.91 Å². The van der Waals surface area contributed by atoms with Gasteiger partial charge in [-0.25, -0.2) is 4.98 Å². The SMILES string of the molecule is CC(C)(C(=O)N1CCCC(C#N)C1)n1c[c]nc1C(N)=O. The smallest absolute Gasteiger partial charge is 0.284 e. The Morgan fingerprint density at radius 1 is 1.57 bits per heavy atom. The van der Waals surface area contributed by atoms with Crippen LogP contribution in [0, 0.1) is 23.4 Å². The maximum atomic E-state index is 12.8. The molecule has 1 aromatic heterocycles. The van der Waals surface area contributed by atoms with Gasteiger partial charge in [0, 0.05) is 19.3 Å². The predicted molar refractivity (Wildman–Crippen MR) is 73.8 cm³/mol. The van der Waals surface area contributed by atoms with E-state index < -0.39 is 11.4 Å². The molecular weight excluding hydrogens is 270 g/mol. The van der Waals surface area contributed by atoms with Crippen molar-refractivity contribution >= 4 is 11.8 Å². The van der Waals surface area contributed by atoms with E-state index in [0.29, 0.717) is 13.1 Å². The number of imidazole rings is 1. The van der Waals surface area contributed by atoms with E-state index in [0.717, 1.165) is 12.8 Å². The summed E-state index contributed by atoms with van der Waals surface area (Å²) in [5.41, 5.74) is 4.26. The topological polar surface area (TPSA) is 105 Å². The average molecular weight is 288 g/mol. The number of aromatic nitrogens is 2. The number of piperidine rings is 1. The molecule has 1 aliphatic heterocycles. The van der Waals surface area contributed by atoms with E-state index >= 15 is 0 Å². The molecule has 1 aromatic rings. The monoisotopic (exact) mass is 288 g/mol. The summed E-state index contributed by atoms with van der Waals surface area (Å²) in [5, 5.41) is 9.02. The van der Waals surface area contributed by atoms with Gasteiger partial charge in [0.1, 0.15) is 11.7 Å². The third-order valence-corrected chi connectivity index (χ3v) is 3.82. The van der Waals surface area contributed by atoms with Crippen molar-refractivity contribution in [1.29, 1.82) is 5.26 Å². The zero-order valence-corrected chi connectivity index (χ0v) is 12.2. The quantitative estimate of drug-likeness (QED) is 0.862. The third-order valence-electron chi connectivity index (χ3n) is 3.82. The Labute approximate surface area is 123 Å². The molecule has 0 bridgehead atoms. The lowest BCUT2D eigenvalue weighted by molar-refractivity contribution is -0.140. The van der Waals surface area contributed by atoms with Crippen molar-refractivity contribution in [1.82, 2.24) is 14.5 Å². The van der Waals surface area contributed by atoms with E-state index in [9.17, 15) is 9.59 Å². The second-order valence-electron chi connectivity index (χ2n) is 5.71. The van der Waals surface area contributed by atoms with Crippen molar-refractivity contribution in [2.75, 3.05) is 13.1 Å². The number of carbonyl (C=O) groups is 2. The summed E-state index contributed by atoms with van der Waals surface area (Å²) in [6.45, 7) is 4.44. The van der Waals surface area contributed by atoms with Gasteiger partial charge in [-0.15, -0.1) is 0 Å². The van der Waals surface area contributed by atoms with Crippen LogP contribution < -0.4 is 5.73 Å². The summed E-state index contributed by atoms with van der Waals surface area (Å²) in [5.74, 6) is -0.993. The molecule has 0 aromatic carbocycles. The van der Waals surface area contributed by atoms with E-state index in [2.05, 4.69) is 17.3 Å². The second-order valence-corrected chi connectivity index (χ2v) is 5.71. The van der Waals surface area contributed by atoms with Gasteiger partial charge in [-0.2, -0.15) is 5.26 Å². The van der Waals surface area contributed by atoms with Crippen LogP contribution in [0.2, 0.25) is 0 Å². The molecule has 1 unspecified atom stereocenters. The molecule has 2 rings (SSSR count). The number of likely N-dealkylation sites (tertiary alicyclic amines) is 1. The molecule has 2 heterocycles. The highest BCUT2D eigenvalue weighted by Crippen LogP contribution is 2.24. The van der Waals surface area contributed by atoms with Gasteiger partial charge < -0.3 is 15.2 Å². The molecule has 111 valence electrons. The standard InChI is InChI=1S/C14H18N5O2/c1-14(2,19-7-5-17-12(19)11(16)20)13(21)18-6-3-4-10(8-15)9-18/h7,10H,3-4,6,9H2,1-2H3,(H2,16,20). The van der Waals surface area contributed by atoms with E-state index in [1.165, 1.54) is 10.8 Å². The Kier molecular flexibility index (Phi) is 3.98. The average Bonchev–Trinajstić information content (AvgIpc) is 2.97. The Morgan fingerprint density at radius 2 is 2.29 bits per heavy atom. The highest BCUT2D eigenvalue weighted by molar-refractivity contribution is 5.91. The van der Waals surface area contributed by atoms with E-state index in [4.69, 9.17) is 11.0 Å². The molecule has 2 amide bonds. The Morgan fingerprint density at radius 3 is 2.90 bits per heavy atom. The van der Waals surface area contributed by atoms with Crippen LogP contribution in [0.4, 0.5) is 0 Å². The Balaban J connectivity index is 2.26. The predicted octanol–water partition coefficient (Wildman–Crippen LogP) is 0.279. The molecule has 21 heavy (non-hydrogen) atoms. The van der Waals surface area contributed by atoms with Crippen LogP contribution in [0.15, 0.2) is 6.20 Å². The lowest BCUT2D eigenvalue weighted by Gasteiger charge is -2.36. The van der Waals surface area contributed by atoms with Crippen molar-refractivity contribution in [3.63, 3.8) is 0 Å². The van der Waals surface area contributed by atoms with Crippen LogP contribution in [0.3, 0.4) is 0 Å². The van der Waals surface area contributed by atoms with Crippen molar-refractivity contribution in [2.45, 2.75) is 32.2 Å². The summed E-state index contributed by atoms with van der Waals surface area (Å²) < 4.78 is 1.44. The van der Waals surface area contributed by atoms with Crippen molar-refractivity contribution < 1.29 is 9.59 Å². The van der Waals surface area contributed by atoms with Gasteiger partial charge in [0.05, 0.1) is 12.0 Å². The molecule has 0 saturated carbocycles. The van der Waals surface area contributed by atoms with Crippen LogP contribution in [-0.4, -0.2) is 39.4 Å². The number of amides is 2. The summed E-state index contributed by atoms with van der Waals surface area (Å²) in [6, 6.07) is 2.21. The lowest BCUT2D eigenvalue weighted by atomic mass is 9.96. The maximum absolute atomic E-state index is 12.8. The zero-order chi connectivity index (χ0) is 15.6. The summed E-state index contributed by atoms with van der Waals surface area (Å²) in [4.78, 5) is 29.6. The number of rotatable bonds is 3. The first-order valence-corrected chi connectivity index (χ1v) is 6.82. The molecule has 1 atom stereocenters. The molecule has 1 radical (unpaired) electrons. The molecule has 0 spiro atoms. The normalized spacial score (nSPS) is 19.1. The Bertz CT molecular complexity index is 599. The maximum Gasteiger partial charge on any atom is 0.284 e. The highest BCUT2D eigenvalue weighted by atomic mass is 16.2. The minimum Gasteiger partial charge on any atom is -0.363 e. The Hall–Kier alpha value is -2.36. The molecule has 1 saturated heterocycles. The lowest BCUT2D eigenvalue weighted by Crippen LogP contribution is -2.51. The van der Waals surface area contributed by atoms with E-state index in [1.54, 1.807) is 18.7 Å². The van der Waals surface area contributed by atoms with Crippen LogP contribution in [-0.2, 0) is 10.3 Å². The van der Waals surface area contributed by atoms with E-state index in [1.807, 2.05) is 0 Å². The number of nitriles is 1. The first kappa shape index (κ1) is 15.0. The fraction of sp³-hybridized carbons (Fsp3) is 0.571. The summed E-state index contributed by atoms with van der Waals surface area (Å²) in [6.07, 6.45) is 5.62. The number of hydrogen-bond donors (Lipinski definition) is 1. The van der Waals surface area contributed by atoms with Crippen LogP contribution in [0.1, 0.15) is 37.3 Å². The summed E-state index contributed by atoms with van der Waals surface area (Å²) >= 11 is 0. The van der Waals surface area contributed by atoms with E-state index in [-0.39, 0.29) is 17.6 Å². The minimum atomic E-state index is -1.01. The fourth-order valence-corrected chi connectivity index (χ4v) is 2.62. The second kappa shape index (κ2) is 5.56. The number of primary amides is 1. The van der Waals surface area contributed by atoms with Crippen LogP contribution in [0.5, 0.6) is 0 Å². The van der Waals surface area contributed by atoms with Gasteiger partial charge in [0.25, 0.3) is 5.91 Å². The number of nitrogens with two attached hydrogens (primary N) is 1. The molecule has 7 heteroatoms. The molecule has 7 nitrogen and oxygen atoms in total. The van der Waals surface area contributed by atoms with Crippen LogP contribution in [0.25, 0.3) is 0 Å². The zero-order valence-electron chi connectivity index (χ0n) is 12.2. The van der Waals surface area contributed by atoms with Gasteiger partial charge in [-0.1, -0.05) is 0 Å². The largest absolute Gasteiger partial charge is 0.363 e. The molecule has 2 N–H and O–H groups in total. The highest BCUT2D eigenvalue weighted by Gasteiger charge is 2.37. The summed E-state index contributed by atoms with van der Waals surface area (Å²) in [7, 11) is 0. The van der Waals surface area contributed by atoms with Gasteiger partial charge in [-0.3, -0.25) is 9.59 Å². The van der Waals surface area contributed by atoms with Crippen molar-refractivity contribution in [2.24, 2.45) is 11.7 Å². The molecule has 1 fully saturated rings.